The van der Waals surface area contributed by atoms with Gasteiger partial charge in [0.2, 0.25) is 5.91 Å². The molecule has 0 aromatic rings. The largest absolute Gasteiger partial charge is 0.342 e. The maximum Gasteiger partial charge on any atom is 0.235 e. The van der Waals surface area contributed by atoms with Crippen molar-refractivity contribution in [3.8, 4) is 0 Å². The Bertz CT molecular complexity index is 221. The number of carbonyl (C=O) groups excluding carboxylic acids is 1. The van der Waals surface area contributed by atoms with Crippen LogP contribution < -0.4 is 5.73 Å². The lowest BCUT2D eigenvalue weighted by Gasteiger charge is -2.33. The molecule has 1 amide bonds. The second kappa shape index (κ2) is 5.21. The molecule has 0 aliphatic carbocycles. The minimum absolute atomic E-state index is 0.244. The van der Waals surface area contributed by atoms with Crippen LogP contribution in [0.5, 0.6) is 0 Å². The first-order valence-corrected chi connectivity index (χ1v) is 6.98. The van der Waals surface area contributed by atoms with E-state index in [0.717, 1.165) is 38.1 Å². The van der Waals surface area contributed by atoms with E-state index in [1.54, 1.807) is 0 Å². The molecule has 0 aromatic heterocycles. The summed E-state index contributed by atoms with van der Waals surface area (Å²) in [5, 5.41) is 0.244. The summed E-state index contributed by atoms with van der Waals surface area (Å²) in [5.74, 6) is 1.52. The number of thioether (sulfide) groups is 1. The van der Waals surface area contributed by atoms with E-state index in [0.29, 0.717) is 11.9 Å². The molecule has 1 unspecified atom stereocenters. The zero-order valence-electron chi connectivity index (χ0n) is 9.15. The minimum Gasteiger partial charge on any atom is -0.342 e. The number of carbonyl (C=O) groups is 1. The Hall–Kier alpha value is -0.220. The smallest absolute Gasteiger partial charge is 0.235 e. The fourth-order valence-electron chi connectivity index (χ4n) is 2.26. The van der Waals surface area contributed by atoms with Crippen molar-refractivity contribution >= 4 is 17.7 Å². The lowest BCUT2D eigenvalue weighted by Crippen LogP contribution is -2.46. The van der Waals surface area contributed by atoms with Crippen LogP contribution in [0.3, 0.4) is 0 Å². The highest BCUT2D eigenvalue weighted by molar-refractivity contribution is 8.00. The molecule has 2 fully saturated rings. The van der Waals surface area contributed by atoms with Gasteiger partial charge in [-0.15, -0.1) is 11.8 Å². The predicted molar refractivity (Wildman–Crippen MR) is 63.9 cm³/mol. The second-order valence-corrected chi connectivity index (χ2v) is 5.83. The third-order valence-electron chi connectivity index (χ3n) is 3.31. The van der Waals surface area contributed by atoms with Gasteiger partial charge >= 0.3 is 0 Å². The zero-order chi connectivity index (χ0) is 10.7. The van der Waals surface area contributed by atoms with Crippen LogP contribution in [0, 0.1) is 0 Å². The van der Waals surface area contributed by atoms with Crippen LogP contribution in [-0.2, 0) is 4.79 Å². The molecule has 0 spiro atoms. The van der Waals surface area contributed by atoms with E-state index in [4.69, 9.17) is 5.73 Å². The monoisotopic (exact) mass is 228 g/mol. The lowest BCUT2D eigenvalue weighted by molar-refractivity contribution is -0.131. The topological polar surface area (TPSA) is 46.3 Å². The van der Waals surface area contributed by atoms with Gasteiger partial charge in [0.1, 0.15) is 0 Å². The van der Waals surface area contributed by atoms with E-state index in [-0.39, 0.29) is 5.25 Å². The molecule has 0 radical (unpaired) electrons. The van der Waals surface area contributed by atoms with Gasteiger partial charge in [0.05, 0.1) is 5.25 Å². The van der Waals surface area contributed by atoms with E-state index in [1.807, 2.05) is 16.7 Å². The van der Waals surface area contributed by atoms with Crippen molar-refractivity contribution in [2.45, 2.75) is 43.4 Å². The van der Waals surface area contributed by atoms with Crippen LogP contribution in [-0.4, -0.2) is 40.9 Å². The molecule has 2 aliphatic heterocycles. The molecule has 2 saturated heterocycles. The summed E-state index contributed by atoms with van der Waals surface area (Å²) in [7, 11) is 0. The molecule has 0 aromatic carbocycles. The number of rotatable bonds is 1. The third kappa shape index (κ3) is 2.88. The highest BCUT2D eigenvalue weighted by Crippen LogP contribution is 2.27. The van der Waals surface area contributed by atoms with Crippen molar-refractivity contribution in [1.82, 2.24) is 4.90 Å². The van der Waals surface area contributed by atoms with Gasteiger partial charge in [-0.25, -0.2) is 0 Å². The molecule has 2 heterocycles. The van der Waals surface area contributed by atoms with Gasteiger partial charge in [-0.1, -0.05) is 6.42 Å². The van der Waals surface area contributed by atoms with Crippen molar-refractivity contribution in [2.24, 2.45) is 5.73 Å². The first kappa shape index (κ1) is 11.3. The Balaban J connectivity index is 1.84. The quantitative estimate of drug-likeness (QED) is 0.734. The van der Waals surface area contributed by atoms with Crippen LogP contribution >= 0.6 is 11.8 Å². The Labute approximate surface area is 95.8 Å². The number of piperidine rings is 1. The predicted octanol–water partition coefficient (Wildman–Crippen LogP) is 1.22. The SMILES string of the molecule is NC1CCN(C(=O)C2CCCCS2)CC1. The number of hydrogen-bond acceptors (Lipinski definition) is 3. The highest BCUT2D eigenvalue weighted by atomic mass is 32.2. The van der Waals surface area contributed by atoms with E-state index in [1.165, 1.54) is 12.8 Å². The summed E-state index contributed by atoms with van der Waals surface area (Å²) in [4.78, 5) is 14.1. The van der Waals surface area contributed by atoms with E-state index < -0.39 is 0 Å². The minimum atomic E-state index is 0.244. The van der Waals surface area contributed by atoms with E-state index >= 15 is 0 Å². The summed E-state index contributed by atoms with van der Waals surface area (Å²) in [6.45, 7) is 1.74. The average Bonchev–Trinajstić information content (AvgIpc) is 2.30. The Morgan fingerprint density at radius 3 is 2.53 bits per heavy atom. The van der Waals surface area contributed by atoms with Gasteiger partial charge in [-0.05, 0) is 31.4 Å². The Morgan fingerprint density at radius 2 is 1.93 bits per heavy atom. The summed E-state index contributed by atoms with van der Waals surface area (Å²) >= 11 is 1.84. The van der Waals surface area contributed by atoms with Crippen LogP contribution in [0.2, 0.25) is 0 Å². The summed E-state index contributed by atoms with van der Waals surface area (Å²) < 4.78 is 0. The van der Waals surface area contributed by atoms with Crippen molar-refractivity contribution in [3.05, 3.63) is 0 Å². The van der Waals surface area contributed by atoms with Crippen LogP contribution in [0.25, 0.3) is 0 Å². The standard InChI is InChI=1S/C11H20N2OS/c12-9-4-6-13(7-5-9)11(14)10-3-1-2-8-15-10/h9-10H,1-8,12H2. The van der Waals surface area contributed by atoms with Crippen LogP contribution in [0.15, 0.2) is 0 Å². The van der Waals surface area contributed by atoms with E-state index in [2.05, 4.69) is 0 Å². The van der Waals surface area contributed by atoms with Gasteiger partial charge in [0.25, 0.3) is 0 Å². The second-order valence-electron chi connectivity index (χ2n) is 4.52. The number of hydrogen-bond donors (Lipinski definition) is 1. The van der Waals surface area contributed by atoms with Gasteiger partial charge in [0, 0.05) is 19.1 Å². The number of likely N-dealkylation sites (tertiary alicyclic amines) is 1. The molecule has 3 nitrogen and oxygen atoms in total. The van der Waals surface area contributed by atoms with Gasteiger partial charge < -0.3 is 10.6 Å². The van der Waals surface area contributed by atoms with Gasteiger partial charge in [0.15, 0.2) is 0 Å². The average molecular weight is 228 g/mol. The molecule has 86 valence electrons. The molecule has 2 rings (SSSR count). The number of amides is 1. The van der Waals surface area contributed by atoms with Crippen LogP contribution in [0.1, 0.15) is 32.1 Å². The molecule has 0 bridgehead atoms. The van der Waals surface area contributed by atoms with E-state index in [9.17, 15) is 4.79 Å². The van der Waals surface area contributed by atoms with Crippen molar-refractivity contribution in [1.29, 1.82) is 0 Å². The highest BCUT2D eigenvalue weighted by Gasteiger charge is 2.28. The Kier molecular flexibility index (Phi) is 3.92. The maximum atomic E-state index is 12.1. The first-order valence-electron chi connectivity index (χ1n) is 5.93. The molecule has 4 heteroatoms. The van der Waals surface area contributed by atoms with Crippen molar-refractivity contribution in [2.75, 3.05) is 18.8 Å². The molecular formula is C11H20N2OS. The Morgan fingerprint density at radius 1 is 1.20 bits per heavy atom. The molecule has 0 saturated carbocycles. The fourth-order valence-corrected chi connectivity index (χ4v) is 3.54. The number of nitrogens with two attached hydrogens (primary N) is 1. The normalized spacial score (nSPS) is 29.1. The first-order chi connectivity index (χ1) is 7.27. The maximum absolute atomic E-state index is 12.1. The molecule has 2 aliphatic rings. The summed E-state index contributed by atoms with van der Waals surface area (Å²) in [6, 6.07) is 0.313. The summed E-state index contributed by atoms with van der Waals surface area (Å²) in [6.07, 6.45) is 5.52. The lowest BCUT2D eigenvalue weighted by atomic mass is 10.1. The third-order valence-corrected chi connectivity index (χ3v) is 4.67. The molecule has 1 atom stereocenters. The van der Waals surface area contributed by atoms with Crippen molar-refractivity contribution < 1.29 is 4.79 Å². The zero-order valence-corrected chi connectivity index (χ0v) is 9.97. The summed E-state index contributed by atoms with van der Waals surface area (Å²) in [5.41, 5.74) is 5.83. The van der Waals surface area contributed by atoms with Gasteiger partial charge in [-0.3, -0.25) is 4.79 Å². The number of nitrogens with zero attached hydrogens (tertiary/aromatic N) is 1. The van der Waals surface area contributed by atoms with Crippen molar-refractivity contribution in [3.63, 3.8) is 0 Å². The molecule has 2 N–H and O–H groups in total. The molecule has 15 heavy (non-hydrogen) atoms. The van der Waals surface area contributed by atoms with Gasteiger partial charge in [-0.2, -0.15) is 0 Å². The fraction of sp³-hybridized carbons (Fsp3) is 0.909. The molecular weight excluding hydrogens is 208 g/mol. The van der Waals surface area contributed by atoms with Crippen LogP contribution in [0.4, 0.5) is 0 Å².